The fraction of sp³-hybridized carbons (Fsp3) is 0.100. The lowest BCUT2D eigenvalue weighted by Crippen LogP contribution is -1.94. The molecule has 0 fully saturated rings. The van der Waals surface area contributed by atoms with Crippen LogP contribution in [0.2, 0.25) is 0 Å². The van der Waals surface area contributed by atoms with Crippen LogP contribution < -0.4 is 5.32 Å². The molecule has 0 amide bonds. The van der Waals surface area contributed by atoms with Gasteiger partial charge in [0.25, 0.3) is 0 Å². The van der Waals surface area contributed by atoms with Crippen molar-refractivity contribution in [2.75, 3.05) is 5.32 Å². The molecule has 4 nitrogen and oxygen atoms in total. The summed E-state index contributed by atoms with van der Waals surface area (Å²) in [6.45, 7) is 1.48. The first kappa shape index (κ1) is 9.79. The molecule has 15 heavy (non-hydrogen) atoms. The average Bonchev–Trinajstić information content (AvgIpc) is 2.68. The summed E-state index contributed by atoms with van der Waals surface area (Å²) >= 11 is 1.10. The number of nitrogens with one attached hydrogen (secondary N) is 1. The first-order valence-corrected chi connectivity index (χ1v) is 5.20. The highest BCUT2D eigenvalue weighted by Gasteiger charge is 2.07. The summed E-state index contributed by atoms with van der Waals surface area (Å²) < 4.78 is 4.03. The van der Waals surface area contributed by atoms with E-state index in [1.165, 1.54) is 6.92 Å². The van der Waals surface area contributed by atoms with Crippen molar-refractivity contribution in [3.05, 3.63) is 35.3 Å². The predicted molar refractivity (Wildman–Crippen MR) is 59.6 cm³/mol. The standard InChI is InChI=1S/C10H9N3OS/c1-7(14)9-12-10(13-15-9)11-8-5-3-2-4-6-8/h2-6H,1H3,(H,11,13). The summed E-state index contributed by atoms with van der Waals surface area (Å²) in [7, 11) is 0. The van der Waals surface area contributed by atoms with Gasteiger partial charge in [-0.1, -0.05) is 18.2 Å². The highest BCUT2D eigenvalue weighted by Crippen LogP contribution is 2.15. The van der Waals surface area contributed by atoms with Crippen LogP contribution in [-0.2, 0) is 0 Å². The molecule has 0 bridgehead atoms. The molecule has 0 aliphatic rings. The van der Waals surface area contributed by atoms with Gasteiger partial charge in [0.1, 0.15) is 0 Å². The van der Waals surface area contributed by atoms with Gasteiger partial charge in [0.15, 0.2) is 10.8 Å². The molecule has 1 heterocycles. The molecule has 1 aromatic heterocycles. The fourth-order valence-corrected chi connectivity index (χ4v) is 1.58. The van der Waals surface area contributed by atoms with Crippen molar-refractivity contribution in [2.45, 2.75) is 6.92 Å². The summed E-state index contributed by atoms with van der Waals surface area (Å²) in [5.74, 6) is 0.407. The highest BCUT2D eigenvalue weighted by molar-refractivity contribution is 7.07. The topological polar surface area (TPSA) is 54.9 Å². The SMILES string of the molecule is CC(=O)c1nc(Nc2ccccc2)ns1. The van der Waals surface area contributed by atoms with E-state index in [-0.39, 0.29) is 5.78 Å². The number of aromatic nitrogens is 2. The van der Waals surface area contributed by atoms with E-state index in [0.717, 1.165) is 17.2 Å². The summed E-state index contributed by atoms with van der Waals surface area (Å²) in [4.78, 5) is 15.0. The second-order valence-electron chi connectivity index (χ2n) is 2.97. The first-order chi connectivity index (χ1) is 7.25. The number of carbonyl (C=O) groups excluding carboxylic acids is 1. The quantitative estimate of drug-likeness (QED) is 0.806. The number of Topliss-reactive ketones (excluding diaryl/α,β-unsaturated/α-hetero) is 1. The Bertz CT molecular complexity index is 467. The minimum atomic E-state index is -0.0615. The van der Waals surface area contributed by atoms with Gasteiger partial charge >= 0.3 is 0 Å². The van der Waals surface area contributed by atoms with E-state index in [9.17, 15) is 4.79 Å². The van der Waals surface area contributed by atoms with Gasteiger partial charge in [0.2, 0.25) is 5.95 Å². The normalized spacial score (nSPS) is 9.93. The Hall–Kier alpha value is -1.75. The lowest BCUT2D eigenvalue weighted by molar-refractivity contribution is 0.101. The minimum absolute atomic E-state index is 0.0615. The maximum absolute atomic E-state index is 11.0. The van der Waals surface area contributed by atoms with Crippen LogP contribution in [0.5, 0.6) is 0 Å². The van der Waals surface area contributed by atoms with Crippen molar-refractivity contribution in [1.29, 1.82) is 0 Å². The summed E-state index contributed by atoms with van der Waals surface area (Å²) in [5, 5.41) is 3.44. The van der Waals surface area contributed by atoms with E-state index < -0.39 is 0 Å². The number of nitrogens with zero attached hydrogens (tertiary/aromatic N) is 2. The van der Waals surface area contributed by atoms with Crippen molar-refractivity contribution in [2.24, 2.45) is 0 Å². The molecule has 1 aromatic carbocycles. The van der Waals surface area contributed by atoms with Gasteiger partial charge in [-0.2, -0.15) is 9.36 Å². The number of hydrogen-bond donors (Lipinski definition) is 1. The van der Waals surface area contributed by atoms with Crippen LogP contribution in [0.25, 0.3) is 0 Å². The molecular weight excluding hydrogens is 210 g/mol. The number of para-hydroxylation sites is 1. The van der Waals surface area contributed by atoms with E-state index in [2.05, 4.69) is 14.7 Å². The molecule has 0 aliphatic heterocycles. The van der Waals surface area contributed by atoms with E-state index >= 15 is 0 Å². The molecule has 0 saturated carbocycles. The zero-order valence-electron chi connectivity index (χ0n) is 8.10. The van der Waals surface area contributed by atoms with Crippen molar-refractivity contribution in [1.82, 2.24) is 9.36 Å². The average molecular weight is 219 g/mol. The lowest BCUT2D eigenvalue weighted by Gasteiger charge is -1.99. The van der Waals surface area contributed by atoms with Crippen LogP contribution in [0.3, 0.4) is 0 Å². The molecule has 2 rings (SSSR count). The highest BCUT2D eigenvalue weighted by atomic mass is 32.1. The summed E-state index contributed by atoms with van der Waals surface area (Å²) in [6.07, 6.45) is 0. The third-order valence-electron chi connectivity index (χ3n) is 1.76. The van der Waals surface area contributed by atoms with E-state index in [0.29, 0.717) is 11.0 Å². The lowest BCUT2D eigenvalue weighted by atomic mass is 10.3. The first-order valence-electron chi connectivity index (χ1n) is 4.42. The second kappa shape index (κ2) is 4.18. The number of carbonyl (C=O) groups is 1. The molecule has 5 heteroatoms. The molecule has 0 spiro atoms. The minimum Gasteiger partial charge on any atom is -0.323 e. The van der Waals surface area contributed by atoms with Gasteiger partial charge < -0.3 is 5.32 Å². The van der Waals surface area contributed by atoms with Gasteiger partial charge in [-0.05, 0) is 23.7 Å². The Morgan fingerprint density at radius 3 is 2.67 bits per heavy atom. The number of ketones is 1. The number of rotatable bonds is 3. The van der Waals surface area contributed by atoms with Crippen LogP contribution >= 0.6 is 11.5 Å². The Labute approximate surface area is 91.2 Å². The van der Waals surface area contributed by atoms with E-state index in [1.807, 2.05) is 30.3 Å². The third-order valence-corrected chi connectivity index (χ3v) is 2.57. The van der Waals surface area contributed by atoms with Gasteiger partial charge in [-0.25, -0.2) is 0 Å². The largest absolute Gasteiger partial charge is 0.323 e. The van der Waals surface area contributed by atoms with Crippen molar-refractivity contribution in [3.63, 3.8) is 0 Å². The zero-order chi connectivity index (χ0) is 10.7. The van der Waals surface area contributed by atoms with Crippen LogP contribution in [0.4, 0.5) is 11.6 Å². The number of anilines is 2. The van der Waals surface area contributed by atoms with E-state index in [1.54, 1.807) is 0 Å². The number of benzene rings is 1. The molecule has 2 aromatic rings. The molecule has 0 aliphatic carbocycles. The van der Waals surface area contributed by atoms with Gasteiger partial charge in [-0.15, -0.1) is 0 Å². The molecule has 0 unspecified atom stereocenters. The van der Waals surface area contributed by atoms with Gasteiger partial charge in [0, 0.05) is 12.6 Å². The fourth-order valence-electron chi connectivity index (χ4n) is 1.07. The molecule has 0 radical (unpaired) electrons. The monoisotopic (exact) mass is 219 g/mol. The van der Waals surface area contributed by atoms with E-state index in [4.69, 9.17) is 0 Å². The molecule has 0 saturated heterocycles. The van der Waals surface area contributed by atoms with Gasteiger partial charge in [0.05, 0.1) is 0 Å². The molecule has 1 N–H and O–H groups in total. The third kappa shape index (κ3) is 2.38. The predicted octanol–water partition coefficient (Wildman–Crippen LogP) is 2.48. The van der Waals surface area contributed by atoms with Crippen molar-refractivity contribution in [3.8, 4) is 0 Å². The smallest absolute Gasteiger partial charge is 0.239 e. The van der Waals surface area contributed by atoms with Crippen LogP contribution in [0.15, 0.2) is 30.3 Å². The van der Waals surface area contributed by atoms with Crippen LogP contribution in [0, 0.1) is 0 Å². The summed E-state index contributed by atoms with van der Waals surface area (Å²) in [5.41, 5.74) is 0.908. The molecule has 0 atom stereocenters. The maximum Gasteiger partial charge on any atom is 0.239 e. The molecule has 76 valence electrons. The Morgan fingerprint density at radius 2 is 2.07 bits per heavy atom. The Kier molecular flexibility index (Phi) is 2.73. The van der Waals surface area contributed by atoms with Crippen molar-refractivity contribution < 1.29 is 4.79 Å². The summed E-state index contributed by atoms with van der Waals surface area (Å²) in [6, 6.07) is 9.59. The molecular formula is C10H9N3OS. The number of hydrogen-bond acceptors (Lipinski definition) is 5. The van der Waals surface area contributed by atoms with Crippen molar-refractivity contribution >= 4 is 29.0 Å². The van der Waals surface area contributed by atoms with Crippen LogP contribution in [0.1, 0.15) is 16.7 Å². The Balaban J connectivity index is 2.15. The zero-order valence-corrected chi connectivity index (χ0v) is 8.91. The van der Waals surface area contributed by atoms with Crippen LogP contribution in [-0.4, -0.2) is 15.1 Å². The maximum atomic E-state index is 11.0. The second-order valence-corrected chi connectivity index (χ2v) is 3.72. The Morgan fingerprint density at radius 1 is 1.33 bits per heavy atom. The van der Waals surface area contributed by atoms with Gasteiger partial charge in [-0.3, -0.25) is 4.79 Å².